The molecule has 1 aromatic rings. The monoisotopic (exact) mass is 223 g/mol. The van der Waals surface area contributed by atoms with Crippen LogP contribution < -0.4 is 0 Å². The van der Waals surface area contributed by atoms with Crippen LogP contribution in [0.3, 0.4) is 0 Å². The number of carboxylic acids is 1. The molecular formula is C11H13NO2S. The van der Waals surface area contributed by atoms with Crippen LogP contribution in [-0.2, 0) is 12.8 Å². The van der Waals surface area contributed by atoms with Crippen LogP contribution >= 0.6 is 11.8 Å². The van der Waals surface area contributed by atoms with Crippen molar-refractivity contribution in [2.75, 3.05) is 5.75 Å². The van der Waals surface area contributed by atoms with Crippen LogP contribution in [0, 0.1) is 0 Å². The smallest absolute Gasteiger partial charge is 0.338 e. The maximum Gasteiger partial charge on any atom is 0.338 e. The van der Waals surface area contributed by atoms with Crippen LogP contribution in [0.2, 0.25) is 0 Å². The lowest BCUT2D eigenvalue weighted by atomic mass is 10.1. The number of hydrogen-bond acceptors (Lipinski definition) is 3. The molecular weight excluding hydrogens is 210 g/mol. The Kier molecular flexibility index (Phi) is 2.95. The highest BCUT2D eigenvalue weighted by molar-refractivity contribution is 7.99. The van der Waals surface area contributed by atoms with Gasteiger partial charge in [0.05, 0.1) is 5.56 Å². The molecule has 0 radical (unpaired) electrons. The number of aromatic carboxylic acids is 1. The molecule has 0 saturated carbocycles. The highest BCUT2D eigenvalue weighted by atomic mass is 32.2. The van der Waals surface area contributed by atoms with Crippen LogP contribution in [-0.4, -0.2) is 21.8 Å². The van der Waals surface area contributed by atoms with Gasteiger partial charge in [0, 0.05) is 5.69 Å². The van der Waals surface area contributed by atoms with Gasteiger partial charge in [-0.05, 0) is 36.6 Å². The van der Waals surface area contributed by atoms with E-state index in [2.05, 4.69) is 4.98 Å². The summed E-state index contributed by atoms with van der Waals surface area (Å²) in [6, 6.07) is 1.80. The first kappa shape index (κ1) is 10.5. The zero-order chi connectivity index (χ0) is 10.8. The summed E-state index contributed by atoms with van der Waals surface area (Å²) < 4.78 is 0. The van der Waals surface area contributed by atoms with Gasteiger partial charge in [0.1, 0.15) is 5.03 Å². The minimum Gasteiger partial charge on any atom is -0.478 e. The molecule has 0 fully saturated rings. The molecule has 0 atom stereocenters. The van der Waals surface area contributed by atoms with E-state index in [1.807, 2.05) is 6.92 Å². The van der Waals surface area contributed by atoms with E-state index >= 15 is 0 Å². The number of thioether (sulfide) groups is 1. The molecule has 1 aliphatic carbocycles. The third-order valence-corrected chi connectivity index (χ3v) is 3.40. The first-order valence-corrected chi connectivity index (χ1v) is 6.09. The fourth-order valence-electron chi connectivity index (χ4n) is 1.85. The minimum absolute atomic E-state index is 0.363. The van der Waals surface area contributed by atoms with E-state index in [0.29, 0.717) is 10.6 Å². The Morgan fingerprint density at radius 1 is 1.60 bits per heavy atom. The van der Waals surface area contributed by atoms with Crippen LogP contribution in [0.15, 0.2) is 11.1 Å². The average Bonchev–Trinajstić information content (AvgIpc) is 2.63. The average molecular weight is 223 g/mol. The van der Waals surface area contributed by atoms with Crippen molar-refractivity contribution in [2.24, 2.45) is 0 Å². The molecule has 4 heteroatoms. The summed E-state index contributed by atoms with van der Waals surface area (Å²) in [6.45, 7) is 2.01. The maximum absolute atomic E-state index is 11.0. The van der Waals surface area contributed by atoms with Crippen molar-refractivity contribution >= 4 is 17.7 Å². The van der Waals surface area contributed by atoms with Gasteiger partial charge in [0.2, 0.25) is 0 Å². The summed E-state index contributed by atoms with van der Waals surface area (Å²) in [5, 5.41) is 9.74. The van der Waals surface area contributed by atoms with Gasteiger partial charge in [0.15, 0.2) is 0 Å². The predicted molar refractivity (Wildman–Crippen MR) is 59.6 cm³/mol. The van der Waals surface area contributed by atoms with Crippen molar-refractivity contribution in [3.63, 3.8) is 0 Å². The molecule has 1 N–H and O–H groups in total. The lowest BCUT2D eigenvalue weighted by Crippen LogP contribution is -2.04. The number of hydrogen-bond donors (Lipinski definition) is 1. The summed E-state index contributed by atoms with van der Waals surface area (Å²) in [5.74, 6) is -0.0142. The van der Waals surface area contributed by atoms with E-state index in [0.717, 1.165) is 36.3 Å². The SMILES string of the molecule is CCSc1nc2c(cc1C(=O)O)CCC2. The first-order chi connectivity index (χ1) is 7.22. The number of fused-ring (bicyclic) bond motifs is 1. The quantitative estimate of drug-likeness (QED) is 0.799. The van der Waals surface area contributed by atoms with E-state index in [4.69, 9.17) is 5.11 Å². The van der Waals surface area contributed by atoms with E-state index in [9.17, 15) is 4.79 Å². The summed E-state index contributed by atoms with van der Waals surface area (Å²) in [7, 11) is 0. The number of nitrogens with zero attached hydrogens (tertiary/aromatic N) is 1. The molecule has 3 nitrogen and oxygen atoms in total. The number of aromatic nitrogens is 1. The molecule has 0 unspecified atom stereocenters. The van der Waals surface area contributed by atoms with Gasteiger partial charge < -0.3 is 5.11 Å². The van der Waals surface area contributed by atoms with Gasteiger partial charge >= 0.3 is 5.97 Å². The topological polar surface area (TPSA) is 50.2 Å². The second-order valence-corrected chi connectivity index (χ2v) is 4.79. The van der Waals surface area contributed by atoms with Gasteiger partial charge in [-0.25, -0.2) is 9.78 Å². The molecule has 1 heterocycles. The zero-order valence-electron chi connectivity index (χ0n) is 8.62. The van der Waals surface area contributed by atoms with Gasteiger partial charge in [-0.1, -0.05) is 6.92 Å². The second-order valence-electron chi connectivity index (χ2n) is 3.54. The van der Waals surface area contributed by atoms with Crippen LogP contribution in [0.5, 0.6) is 0 Å². The Hall–Kier alpha value is -1.03. The van der Waals surface area contributed by atoms with Gasteiger partial charge in [-0.15, -0.1) is 11.8 Å². The van der Waals surface area contributed by atoms with Crippen molar-refractivity contribution in [1.82, 2.24) is 4.98 Å². The Bertz CT molecular complexity index is 404. The first-order valence-electron chi connectivity index (χ1n) is 5.11. The normalized spacial score (nSPS) is 13.9. The molecule has 2 rings (SSSR count). The summed E-state index contributed by atoms with van der Waals surface area (Å²) >= 11 is 1.50. The summed E-state index contributed by atoms with van der Waals surface area (Å²) in [6.07, 6.45) is 3.06. The summed E-state index contributed by atoms with van der Waals surface area (Å²) in [4.78, 5) is 15.5. The summed E-state index contributed by atoms with van der Waals surface area (Å²) in [5.41, 5.74) is 2.58. The highest BCUT2D eigenvalue weighted by Crippen LogP contribution is 2.27. The van der Waals surface area contributed by atoms with Crippen LogP contribution in [0.4, 0.5) is 0 Å². The lowest BCUT2D eigenvalue weighted by Gasteiger charge is -2.06. The van der Waals surface area contributed by atoms with Crippen molar-refractivity contribution in [2.45, 2.75) is 31.2 Å². The van der Waals surface area contributed by atoms with Gasteiger partial charge in [0.25, 0.3) is 0 Å². The van der Waals surface area contributed by atoms with E-state index in [1.54, 1.807) is 6.07 Å². The number of rotatable bonds is 3. The molecule has 1 aromatic heterocycles. The van der Waals surface area contributed by atoms with Crippen LogP contribution in [0.1, 0.15) is 35.0 Å². The Labute approximate surface area is 92.9 Å². The fourth-order valence-corrected chi connectivity index (χ4v) is 2.60. The van der Waals surface area contributed by atoms with E-state index in [1.165, 1.54) is 11.8 Å². The molecule has 15 heavy (non-hydrogen) atoms. The molecule has 0 amide bonds. The van der Waals surface area contributed by atoms with E-state index < -0.39 is 5.97 Å². The standard InChI is InChI=1S/C11H13NO2S/c1-2-15-10-8(11(13)14)6-7-4-3-5-9(7)12-10/h6H,2-5H2,1H3,(H,13,14). The lowest BCUT2D eigenvalue weighted by molar-refractivity contribution is 0.0692. The van der Waals surface area contributed by atoms with Crippen molar-refractivity contribution < 1.29 is 9.90 Å². The number of aryl methyl sites for hydroxylation is 2. The zero-order valence-corrected chi connectivity index (χ0v) is 9.43. The number of carboxylic acid groups (broad SMARTS) is 1. The molecule has 0 bridgehead atoms. The van der Waals surface area contributed by atoms with Gasteiger partial charge in [-0.3, -0.25) is 0 Å². The largest absolute Gasteiger partial charge is 0.478 e. The van der Waals surface area contributed by atoms with Crippen molar-refractivity contribution in [3.05, 3.63) is 22.9 Å². The maximum atomic E-state index is 11.0. The number of pyridine rings is 1. The second kappa shape index (κ2) is 4.23. The predicted octanol–water partition coefficient (Wildman–Crippen LogP) is 2.38. The Balaban J connectivity index is 2.47. The van der Waals surface area contributed by atoms with Gasteiger partial charge in [-0.2, -0.15) is 0 Å². The molecule has 80 valence electrons. The minimum atomic E-state index is -0.867. The molecule has 0 aliphatic heterocycles. The van der Waals surface area contributed by atoms with Crippen molar-refractivity contribution in [3.8, 4) is 0 Å². The number of carbonyl (C=O) groups is 1. The third-order valence-electron chi connectivity index (χ3n) is 2.53. The molecule has 0 saturated heterocycles. The Morgan fingerprint density at radius 2 is 2.40 bits per heavy atom. The molecule has 0 aromatic carbocycles. The van der Waals surface area contributed by atoms with Crippen LogP contribution in [0.25, 0.3) is 0 Å². The highest BCUT2D eigenvalue weighted by Gasteiger charge is 2.19. The third kappa shape index (κ3) is 2.00. The van der Waals surface area contributed by atoms with Crippen molar-refractivity contribution in [1.29, 1.82) is 0 Å². The fraction of sp³-hybridized carbons (Fsp3) is 0.455. The van der Waals surface area contributed by atoms with E-state index in [-0.39, 0.29) is 0 Å². The molecule has 0 spiro atoms. The molecule has 1 aliphatic rings. The Morgan fingerprint density at radius 3 is 3.07 bits per heavy atom.